The largest absolute Gasteiger partial charge is 0.497 e. The van der Waals surface area contributed by atoms with Crippen LogP contribution in [-0.2, 0) is 19.1 Å². The molecular formula is C27H28ClNO5. The van der Waals surface area contributed by atoms with Crippen molar-refractivity contribution >= 4 is 23.4 Å². The monoisotopic (exact) mass is 481 g/mol. The number of dihydropyridines is 1. The number of ether oxygens (including phenoxy) is 3. The van der Waals surface area contributed by atoms with E-state index in [9.17, 15) is 9.59 Å². The van der Waals surface area contributed by atoms with Gasteiger partial charge in [-0.3, -0.25) is 4.79 Å². The fraction of sp³-hybridized carbons (Fsp3) is 0.333. The van der Waals surface area contributed by atoms with Crippen LogP contribution in [0.1, 0.15) is 42.7 Å². The zero-order valence-corrected chi connectivity index (χ0v) is 20.3. The summed E-state index contributed by atoms with van der Waals surface area (Å²) in [7, 11) is 3.18. The van der Waals surface area contributed by atoms with Gasteiger partial charge in [0.25, 0.3) is 0 Å². The number of benzene rings is 2. The molecule has 1 N–H and O–H groups in total. The van der Waals surface area contributed by atoms with Gasteiger partial charge in [0.15, 0.2) is 5.78 Å². The number of methoxy groups -OCH3 is 2. The molecule has 34 heavy (non-hydrogen) atoms. The second-order valence-corrected chi connectivity index (χ2v) is 8.91. The Bertz CT molecular complexity index is 1130. The molecule has 2 aromatic carbocycles. The van der Waals surface area contributed by atoms with Crippen molar-refractivity contribution in [3.05, 3.63) is 87.2 Å². The SMILES string of the molecule is COCCOC(=O)C1=C(C)NC2=C(C(=O)C[C@H](c3ccc(OC)cc3)C2)[C@@H]1c1ccc(Cl)cc1. The number of rotatable bonds is 7. The Morgan fingerprint density at radius 1 is 1.00 bits per heavy atom. The maximum atomic E-state index is 13.6. The van der Waals surface area contributed by atoms with Gasteiger partial charge in [-0.15, -0.1) is 0 Å². The van der Waals surface area contributed by atoms with Crippen molar-refractivity contribution in [2.75, 3.05) is 27.4 Å². The van der Waals surface area contributed by atoms with E-state index in [1.165, 1.54) is 0 Å². The molecule has 0 fully saturated rings. The van der Waals surface area contributed by atoms with Gasteiger partial charge in [-0.25, -0.2) is 4.79 Å². The summed E-state index contributed by atoms with van der Waals surface area (Å²) in [5, 5.41) is 3.95. The first-order valence-corrected chi connectivity index (χ1v) is 11.6. The van der Waals surface area contributed by atoms with Crippen LogP contribution in [0.3, 0.4) is 0 Å². The first-order valence-electron chi connectivity index (χ1n) is 11.2. The lowest BCUT2D eigenvalue weighted by atomic mass is 9.72. The molecule has 178 valence electrons. The van der Waals surface area contributed by atoms with Gasteiger partial charge < -0.3 is 19.5 Å². The normalized spacial score (nSPS) is 20.1. The molecule has 0 unspecified atom stereocenters. The lowest BCUT2D eigenvalue weighted by Crippen LogP contribution is -2.36. The lowest BCUT2D eigenvalue weighted by Gasteiger charge is -2.36. The molecule has 2 aromatic rings. The minimum absolute atomic E-state index is 0.0178. The van der Waals surface area contributed by atoms with Crippen molar-refractivity contribution in [2.24, 2.45) is 0 Å². The van der Waals surface area contributed by atoms with Crippen molar-refractivity contribution in [3.63, 3.8) is 0 Å². The highest BCUT2D eigenvalue weighted by molar-refractivity contribution is 6.30. The van der Waals surface area contributed by atoms with Crippen molar-refractivity contribution in [1.82, 2.24) is 5.32 Å². The van der Waals surface area contributed by atoms with E-state index in [1.807, 2.05) is 43.3 Å². The number of esters is 1. The summed E-state index contributed by atoms with van der Waals surface area (Å²) in [5.74, 6) is -0.144. The molecule has 0 aromatic heterocycles. The Hall–Kier alpha value is -3.09. The van der Waals surface area contributed by atoms with E-state index >= 15 is 0 Å². The summed E-state index contributed by atoms with van der Waals surface area (Å²) in [6.07, 6.45) is 1.03. The highest BCUT2D eigenvalue weighted by Gasteiger charge is 2.41. The van der Waals surface area contributed by atoms with Gasteiger partial charge in [0.05, 0.1) is 19.3 Å². The van der Waals surface area contributed by atoms with Crippen molar-refractivity contribution < 1.29 is 23.8 Å². The minimum atomic E-state index is -0.520. The van der Waals surface area contributed by atoms with E-state index in [4.69, 9.17) is 25.8 Å². The van der Waals surface area contributed by atoms with Gasteiger partial charge in [0, 0.05) is 41.4 Å². The molecule has 0 radical (unpaired) electrons. The Balaban J connectivity index is 1.72. The molecule has 0 saturated carbocycles. The number of hydrogen-bond acceptors (Lipinski definition) is 6. The Morgan fingerprint density at radius 2 is 1.68 bits per heavy atom. The predicted molar refractivity (Wildman–Crippen MR) is 130 cm³/mol. The van der Waals surface area contributed by atoms with Crippen LogP contribution in [0, 0.1) is 0 Å². The molecule has 0 bridgehead atoms. The summed E-state index contributed by atoms with van der Waals surface area (Å²) in [6.45, 7) is 2.29. The smallest absolute Gasteiger partial charge is 0.336 e. The van der Waals surface area contributed by atoms with Crippen LogP contribution < -0.4 is 10.1 Å². The highest BCUT2D eigenvalue weighted by Crippen LogP contribution is 2.46. The second kappa shape index (κ2) is 10.5. The number of Topliss-reactive ketones (excluding diaryl/α,β-unsaturated/α-hetero) is 1. The van der Waals surface area contributed by atoms with Gasteiger partial charge in [-0.2, -0.15) is 0 Å². The van der Waals surface area contributed by atoms with E-state index in [1.54, 1.807) is 26.4 Å². The molecular weight excluding hydrogens is 454 g/mol. The quantitative estimate of drug-likeness (QED) is 0.448. The number of carbonyl (C=O) groups is 2. The minimum Gasteiger partial charge on any atom is -0.497 e. The van der Waals surface area contributed by atoms with Gasteiger partial charge in [-0.05, 0) is 54.7 Å². The molecule has 1 aliphatic heterocycles. The number of halogens is 1. The first-order chi connectivity index (χ1) is 16.4. The number of allylic oxidation sites excluding steroid dienone is 3. The van der Waals surface area contributed by atoms with Gasteiger partial charge in [0.2, 0.25) is 0 Å². The summed E-state index contributed by atoms with van der Waals surface area (Å²) < 4.78 is 15.7. The zero-order valence-electron chi connectivity index (χ0n) is 19.5. The number of hydrogen-bond donors (Lipinski definition) is 1. The summed E-state index contributed by atoms with van der Waals surface area (Å²) in [4.78, 5) is 26.7. The topological polar surface area (TPSA) is 73.9 Å². The molecule has 0 amide bonds. The number of ketones is 1. The molecule has 6 nitrogen and oxygen atoms in total. The van der Waals surface area contributed by atoms with Gasteiger partial charge in [-0.1, -0.05) is 35.9 Å². The van der Waals surface area contributed by atoms with Gasteiger partial charge >= 0.3 is 5.97 Å². The summed E-state index contributed by atoms with van der Waals surface area (Å²) >= 11 is 6.12. The lowest BCUT2D eigenvalue weighted by molar-refractivity contribution is -0.140. The zero-order chi connectivity index (χ0) is 24.2. The second-order valence-electron chi connectivity index (χ2n) is 8.47. The first kappa shape index (κ1) is 24.0. The van der Waals surface area contributed by atoms with Crippen LogP contribution in [0.25, 0.3) is 0 Å². The van der Waals surface area contributed by atoms with Crippen LogP contribution in [0.2, 0.25) is 5.02 Å². The van der Waals surface area contributed by atoms with E-state index in [0.717, 1.165) is 22.6 Å². The molecule has 0 spiro atoms. The maximum absolute atomic E-state index is 13.6. The highest BCUT2D eigenvalue weighted by atomic mass is 35.5. The van der Waals surface area contributed by atoms with Gasteiger partial charge in [0.1, 0.15) is 12.4 Å². The molecule has 1 aliphatic carbocycles. The van der Waals surface area contributed by atoms with Crippen LogP contribution in [-0.4, -0.2) is 39.2 Å². The van der Waals surface area contributed by atoms with Crippen molar-refractivity contribution in [2.45, 2.75) is 31.6 Å². The molecule has 2 atom stereocenters. The third-order valence-corrected chi connectivity index (χ3v) is 6.61. The summed E-state index contributed by atoms with van der Waals surface area (Å²) in [6, 6.07) is 15.1. The molecule has 1 heterocycles. The van der Waals surface area contributed by atoms with E-state index in [2.05, 4.69) is 5.32 Å². The van der Waals surface area contributed by atoms with Crippen LogP contribution in [0.5, 0.6) is 5.75 Å². The van der Waals surface area contributed by atoms with E-state index in [-0.39, 0.29) is 18.3 Å². The Labute approximate surface area is 204 Å². The average Bonchev–Trinajstić information content (AvgIpc) is 2.83. The third-order valence-electron chi connectivity index (χ3n) is 6.36. The van der Waals surface area contributed by atoms with E-state index in [0.29, 0.717) is 41.3 Å². The third kappa shape index (κ3) is 4.88. The molecule has 4 rings (SSSR count). The predicted octanol–water partition coefficient (Wildman–Crippen LogP) is 4.90. The van der Waals surface area contributed by atoms with Crippen LogP contribution in [0.4, 0.5) is 0 Å². The fourth-order valence-electron chi connectivity index (χ4n) is 4.71. The Kier molecular flexibility index (Phi) is 7.39. The molecule has 2 aliphatic rings. The molecule has 7 heteroatoms. The number of nitrogens with one attached hydrogen (secondary N) is 1. The average molecular weight is 482 g/mol. The maximum Gasteiger partial charge on any atom is 0.336 e. The Morgan fingerprint density at radius 3 is 2.32 bits per heavy atom. The summed E-state index contributed by atoms with van der Waals surface area (Å²) in [5.41, 5.74) is 4.50. The standard InChI is InChI=1S/C27H28ClNO5/c1-16-24(27(31)34-13-12-32-2)25(18-4-8-20(28)9-5-18)26-22(29-16)14-19(15-23(26)30)17-6-10-21(33-3)11-7-17/h4-11,19,25,29H,12-15H2,1-3H3/t19-,25-/m1/s1. The van der Waals surface area contributed by atoms with Crippen molar-refractivity contribution in [1.29, 1.82) is 0 Å². The van der Waals surface area contributed by atoms with E-state index < -0.39 is 11.9 Å². The molecule has 0 saturated heterocycles. The number of carbonyl (C=O) groups excluding carboxylic acids is 2. The van der Waals surface area contributed by atoms with Crippen LogP contribution >= 0.6 is 11.6 Å². The van der Waals surface area contributed by atoms with Crippen molar-refractivity contribution in [3.8, 4) is 5.75 Å². The fourth-order valence-corrected chi connectivity index (χ4v) is 4.83. The van der Waals surface area contributed by atoms with Crippen LogP contribution in [0.15, 0.2) is 71.1 Å².